The molecule has 6 rings (SSSR count). The summed E-state index contributed by atoms with van der Waals surface area (Å²) in [6.45, 7) is 2.80. The highest BCUT2D eigenvalue weighted by Gasteiger charge is 2.22. The van der Waals surface area contributed by atoms with Crippen LogP contribution in [0.2, 0.25) is 0 Å². The fraction of sp³-hybridized carbons (Fsp3) is 0.235. The number of amides is 1. The molecular formula is C34H33FN6O4. The van der Waals surface area contributed by atoms with Crippen LogP contribution >= 0.6 is 0 Å². The number of likely N-dealkylation sites (N-methyl/N-ethyl adjacent to an activating group) is 1. The third-order valence-corrected chi connectivity index (χ3v) is 7.89. The topological polar surface area (TPSA) is 111 Å². The number of benzene rings is 3. The molecule has 1 amide bonds. The molecule has 0 unspecified atom stereocenters. The number of pyridine rings is 1. The molecule has 2 N–H and O–H groups in total. The van der Waals surface area contributed by atoms with Gasteiger partial charge in [-0.25, -0.2) is 14.4 Å². The molecule has 0 aliphatic carbocycles. The number of hydrogen-bond acceptors (Lipinski definition) is 9. The third kappa shape index (κ3) is 6.34. The average Bonchev–Trinajstić information content (AvgIpc) is 3.45. The summed E-state index contributed by atoms with van der Waals surface area (Å²) in [5.74, 6) is 0.884. The largest absolute Gasteiger partial charge is 0.494 e. The second-order valence-electron chi connectivity index (χ2n) is 10.9. The van der Waals surface area contributed by atoms with Crippen molar-refractivity contribution in [2.45, 2.75) is 25.8 Å². The molecular weight excluding hydrogens is 575 g/mol. The Labute approximate surface area is 259 Å². The Morgan fingerprint density at radius 2 is 1.80 bits per heavy atom. The van der Waals surface area contributed by atoms with Crippen LogP contribution in [-0.2, 0) is 4.79 Å². The Morgan fingerprint density at radius 3 is 2.58 bits per heavy atom. The summed E-state index contributed by atoms with van der Waals surface area (Å²) >= 11 is 0. The monoisotopic (exact) mass is 608 g/mol. The van der Waals surface area contributed by atoms with E-state index in [1.807, 2.05) is 55.3 Å². The van der Waals surface area contributed by atoms with Crippen molar-refractivity contribution in [3.05, 3.63) is 84.6 Å². The molecule has 0 bridgehead atoms. The van der Waals surface area contributed by atoms with E-state index >= 15 is 0 Å². The summed E-state index contributed by atoms with van der Waals surface area (Å²) in [4.78, 5) is 28.1. The van der Waals surface area contributed by atoms with E-state index in [-0.39, 0.29) is 11.7 Å². The van der Waals surface area contributed by atoms with Gasteiger partial charge in [-0.2, -0.15) is 0 Å². The summed E-state index contributed by atoms with van der Waals surface area (Å²) in [5, 5.41) is 7.59. The third-order valence-electron chi connectivity index (χ3n) is 7.89. The van der Waals surface area contributed by atoms with Crippen molar-refractivity contribution in [1.82, 2.24) is 19.9 Å². The van der Waals surface area contributed by atoms with Crippen LogP contribution in [0.4, 0.5) is 21.6 Å². The number of likely N-dealkylation sites (tertiary alicyclic amines) is 1. The highest BCUT2D eigenvalue weighted by Crippen LogP contribution is 2.39. The molecule has 10 nitrogen and oxygen atoms in total. The normalized spacial score (nSPS) is 15.3. The summed E-state index contributed by atoms with van der Waals surface area (Å²) in [6, 6.07) is 16.6. The Hall–Kier alpha value is -5.29. The number of carbonyl (C=O) groups excluding carboxylic acids is 1. The SMILES string of the molecule is COc1cc2ncnc(Nc3cc(C)c(Oc4ccc5cccnc5c4)cc3OC)c2cc1NC(=O)/C(F)=C/[C@H]1CCCN1C. The fourth-order valence-electron chi connectivity index (χ4n) is 5.43. The molecule has 1 aliphatic rings. The summed E-state index contributed by atoms with van der Waals surface area (Å²) < 4.78 is 32.3. The van der Waals surface area contributed by atoms with Gasteiger partial charge in [0.1, 0.15) is 35.1 Å². The number of methoxy groups -OCH3 is 2. The van der Waals surface area contributed by atoms with Crippen molar-refractivity contribution in [3.8, 4) is 23.0 Å². The molecule has 11 heteroatoms. The smallest absolute Gasteiger partial charge is 0.284 e. The zero-order valence-electron chi connectivity index (χ0n) is 25.4. The van der Waals surface area contributed by atoms with Gasteiger partial charge in [-0.3, -0.25) is 14.7 Å². The standard InChI is InChI=1S/C34H33FN6O4/c1-20-13-28(32(44-4)18-30(20)45-23-10-9-21-7-5-11-36-26(21)15-23)39-33-24-16-29(31(43-3)17-27(24)37-19-38-33)40-34(42)25(35)14-22-8-6-12-41(22)2/h5,7,9-11,13-19,22H,6,8,12H2,1-4H3,(H,40,42)(H,37,38,39)/b25-14-/t22-/m1/s1. The summed E-state index contributed by atoms with van der Waals surface area (Å²) in [6.07, 6.45) is 6.30. The van der Waals surface area contributed by atoms with Gasteiger partial charge in [-0.15, -0.1) is 0 Å². The molecule has 0 radical (unpaired) electrons. The molecule has 3 heterocycles. The summed E-state index contributed by atoms with van der Waals surface area (Å²) in [5.41, 5.74) is 3.17. The number of fused-ring (bicyclic) bond motifs is 2. The number of halogens is 1. The van der Waals surface area contributed by atoms with E-state index in [1.54, 1.807) is 31.5 Å². The van der Waals surface area contributed by atoms with Crippen LogP contribution in [0.15, 0.2) is 79.0 Å². The molecule has 1 aliphatic heterocycles. The zero-order valence-corrected chi connectivity index (χ0v) is 25.4. The Balaban J connectivity index is 1.28. The van der Waals surface area contributed by atoms with Gasteiger partial charge < -0.3 is 24.8 Å². The first-order valence-electron chi connectivity index (χ1n) is 14.5. The molecule has 0 saturated carbocycles. The van der Waals surface area contributed by atoms with E-state index in [1.165, 1.54) is 19.5 Å². The minimum absolute atomic E-state index is 0.113. The van der Waals surface area contributed by atoms with Gasteiger partial charge in [-0.1, -0.05) is 6.07 Å². The Kier molecular flexibility index (Phi) is 8.43. The molecule has 2 aromatic heterocycles. The summed E-state index contributed by atoms with van der Waals surface area (Å²) in [7, 11) is 4.96. The number of aromatic nitrogens is 3. The van der Waals surface area contributed by atoms with E-state index in [0.29, 0.717) is 45.4 Å². The van der Waals surface area contributed by atoms with Gasteiger partial charge in [0.15, 0.2) is 5.83 Å². The maximum atomic E-state index is 14.9. The average molecular weight is 609 g/mol. The van der Waals surface area contributed by atoms with Crippen molar-refractivity contribution < 1.29 is 23.4 Å². The molecule has 230 valence electrons. The van der Waals surface area contributed by atoms with E-state index in [9.17, 15) is 9.18 Å². The van der Waals surface area contributed by atoms with Gasteiger partial charge >= 0.3 is 0 Å². The first kappa shape index (κ1) is 29.8. The number of nitrogens with zero attached hydrogens (tertiary/aromatic N) is 4. The van der Waals surface area contributed by atoms with Gasteiger partial charge in [0.05, 0.1) is 36.6 Å². The molecule has 45 heavy (non-hydrogen) atoms. The van der Waals surface area contributed by atoms with Crippen molar-refractivity contribution in [2.24, 2.45) is 0 Å². The van der Waals surface area contributed by atoms with Crippen molar-refractivity contribution in [1.29, 1.82) is 0 Å². The number of rotatable bonds is 9. The number of hydrogen-bond donors (Lipinski definition) is 2. The first-order valence-corrected chi connectivity index (χ1v) is 14.5. The van der Waals surface area contributed by atoms with Gasteiger partial charge in [-0.05, 0) is 75.3 Å². The Morgan fingerprint density at radius 1 is 0.978 bits per heavy atom. The van der Waals surface area contributed by atoms with Crippen molar-refractivity contribution in [3.63, 3.8) is 0 Å². The fourth-order valence-corrected chi connectivity index (χ4v) is 5.43. The van der Waals surface area contributed by atoms with Crippen LogP contribution in [0.1, 0.15) is 18.4 Å². The predicted molar refractivity (Wildman–Crippen MR) is 172 cm³/mol. The van der Waals surface area contributed by atoms with Crippen LogP contribution in [0.5, 0.6) is 23.0 Å². The minimum atomic E-state index is -0.852. The van der Waals surface area contributed by atoms with E-state index in [0.717, 1.165) is 35.9 Å². The molecule has 1 saturated heterocycles. The Bertz CT molecular complexity index is 1930. The number of nitrogens with one attached hydrogen (secondary N) is 2. The molecule has 0 spiro atoms. The maximum Gasteiger partial charge on any atom is 0.284 e. The van der Waals surface area contributed by atoms with Gasteiger partial charge in [0.25, 0.3) is 5.91 Å². The number of aryl methyl sites for hydroxylation is 1. The lowest BCUT2D eigenvalue weighted by atomic mass is 10.1. The number of ether oxygens (including phenoxy) is 3. The van der Waals surface area contributed by atoms with Crippen molar-refractivity contribution >= 4 is 44.9 Å². The number of anilines is 3. The molecule has 5 aromatic rings. The van der Waals surface area contributed by atoms with Crippen LogP contribution in [-0.4, -0.2) is 59.6 Å². The van der Waals surface area contributed by atoms with E-state index < -0.39 is 11.7 Å². The van der Waals surface area contributed by atoms with E-state index in [2.05, 4.69) is 25.6 Å². The maximum absolute atomic E-state index is 14.9. The lowest BCUT2D eigenvalue weighted by Gasteiger charge is -2.17. The quantitative estimate of drug-likeness (QED) is 0.172. The first-order chi connectivity index (χ1) is 21.8. The lowest BCUT2D eigenvalue weighted by molar-refractivity contribution is -0.114. The molecule has 3 aromatic carbocycles. The predicted octanol–water partition coefficient (Wildman–Crippen LogP) is 6.93. The van der Waals surface area contributed by atoms with Gasteiger partial charge in [0, 0.05) is 41.2 Å². The highest BCUT2D eigenvalue weighted by molar-refractivity contribution is 6.05. The van der Waals surface area contributed by atoms with Crippen LogP contribution in [0.3, 0.4) is 0 Å². The van der Waals surface area contributed by atoms with Crippen LogP contribution < -0.4 is 24.8 Å². The zero-order chi connectivity index (χ0) is 31.5. The second-order valence-corrected chi connectivity index (χ2v) is 10.9. The minimum Gasteiger partial charge on any atom is -0.494 e. The van der Waals surface area contributed by atoms with Crippen molar-refractivity contribution in [2.75, 3.05) is 38.4 Å². The molecule has 1 fully saturated rings. The lowest BCUT2D eigenvalue weighted by Crippen LogP contribution is -2.24. The second kappa shape index (κ2) is 12.7. The van der Waals surface area contributed by atoms with Gasteiger partial charge in [0.2, 0.25) is 0 Å². The van der Waals surface area contributed by atoms with Crippen LogP contribution in [0, 0.1) is 6.92 Å². The van der Waals surface area contributed by atoms with Crippen LogP contribution in [0.25, 0.3) is 21.8 Å². The highest BCUT2D eigenvalue weighted by atomic mass is 19.1. The molecule has 1 atom stereocenters. The van der Waals surface area contributed by atoms with E-state index in [4.69, 9.17) is 14.2 Å². The number of carbonyl (C=O) groups is 1.